The summed E-state index contributed by atoms with van der Waals surface area (Å²) in [5, 5.41) is 1.42. The van der Waals surface area contributed by atoms with Crippen molar-refractivity contribution in [1.29, 1.82) is 0 Å². The van der Waals surface area contributed by atoms with Crippen LogP contribution in [-0.4, -0.2) is 13.3 Å². The highest BCUT2D eigenvalue weighted by Gasteiger charge is 2.23. The molecule has 0 heterocycles. The lowest BCUT2D eigenvalue weighted by molar-refractivity contribution is 0.418. The number of hydrogen-bond acceptors (Lipinski definition) is 1. The van der Waals surface area contributed by atoms with Gasteiger partial charge in [-0.15, -0.1) is 0 Å². The van der Waals surface area contributed by atoms with Gasteiger partial charge in [-0.05, 0) is 76.7 Å². The summed E-state index contributed by atoms with van der Waals surface area (Å²) < 4.78 is 5.86. The predicted octanol–water partition coefficient (Wildman–Crippen LogP) is 8.14. The summed E-state index contributed by atoms with van der Waals surface area (Å²) >= 11 is 0. The van der Waals surface area contributed by atoms with Crippen LogP contribution in [0, 0.1) is 6.92 Å². The Kier molecular flexibility index (Phi) is 8.77. The van der Waals surface area contributed by atoms with Crippen molar-refractivity contribution in [2.24, 2.45) is 0 Å². The van der Waals surface area contributed by atoms with Crippen LogP contribution in [0.25, 0.3) is 11.1 Å². The summed E-state index contributed by atoms with van der Waals surface area (Å²) in [6, 6.07) is 9.34. The Hall–Kier alpha value is -1.33. The van der Waals surface area contributed by atoms with E-state index in [4.69, 9.17) is 4.74 Å². The van der Waals surface area contributed by atoms with Gasteiger partial charge in [0.05, 0.1) is 7.11 Å². The fourth-order valence-corrected chi connectivity index (χ4v) is 5.63. The Labute approximate surface area is 181 Å². The number of hydrogen-bond donors (Lipinski definition) is 0. The van der Waals surface area contributed by atoms with Crippen molar-refractivity contribution in [2.75, 3.05) is 13.3 Å². The smallest absolute Gasteiger partial charge is 0.126 e. The third kappa shape index (κ3) is 5.43. The zero-order valence-corrected chi connectivity index (χ0v) is 21.1. The molecule has 2 rings (SSSR count). The van der Waals surface area contributed by atoms with E-state index >= 15 is 0 Å². The van der Waals surface area contributed by atoms with Gasteiger partial charge in [0.25, 0.3) is 0 Å². The average molecular weight is 413 g/mol. The summed E-state index contributed by atoms with van der Waals surface area (Å²) in [7, 11) is 2.60. The lowest BCUT2D eigenvalue weighted by Crippen LogP contribution is -2.12. The van der Waals surface area contributed by atoms with Gasteiger partial charge in [-0.1, -0.05) is 81.7 Å². The van der Waals surface area contributed by atoms with Crippen LogP contribution in [0.15, 0.2) is 24.3 Å². The van der Waals surface area contributed by atoms with Crippen molar-refractivity contribution in [2.45, 2.75) is 86.0 Å². The van der Waals surface area contributed by atoms with Gasteiger partial charge in [-0.2, -0.15) is 0 Å². The largest absolute Gasteiger partial charge is 0.496 e. The molecule has 0 bridgehead atoms. The molecule has 2 heteroatoms. The Bertz CT molecular complexity index is 789. The first-order chi connectivity index (χ1) is 13.7. The molecule has 1 unspecified atom stereocenters. The van der Waals surface area contributed by atoms with E-state index in [2.05, 4.69) is 79.7 Å². The number of rotatable bonds is 9. The average Bonchev–Trinajstić information content (AvgIpc) is 2.67. The van der Waals surface area contributed by atoms with E-state index in [1.54, 1.807) is 0 Å². The Morgan fingerprint density at radius 2 is 1.45 bits per heavy atom. The molecular formula is C27H41OP. The van der Waals surface area contributed by atoms with E-state index in [0.29, 0.717) is 17.8 Å². The zero-order valence-electron chi connectivity index (χ0n) is 20.1. The van der Waals surface area contributed by atoms with E-state index < -0.39 is 0 Å². The maximum absolute atomic E-state index is 5.86. The highest BCUT2D eigenvalue weighted by molar-refractivity contribution is 7.47. The zero-order chi connectivity index (χ0) is 21.7. The lowest BCUT2D eigenvalue weighted by atomic mass is 9.80. The fourth-order valence-electron chi connectivity index (χ4n) is 3.99. The van der Waals surface area contributed by atoms with Gasteiger partial charge in [0.15, 0.2) is 0 Å². The number of unbranched alkanes of at least 4 members (excludes halogenated alkanes) is 1. The van der Waals surface area contributed by atoms with Gasteiger partial charge < -0.3 is 4.74 Å². The molecular weight excluding hydrogens is 371 g/mol. The maximum atomic E-state index is 5.86. The van der Waals surface area contributed by atoms with Gasteiger partial charge in [-0.25, -0.2) is 0 Å². The minimum absolute atomic E-state index is 0.485. The number of methoxy groups -OCH3 is 1. The van der Waals surface area contributed by atoms with Crippen LogP contribution in [0.4, 0.5) is 0 Å². The molecule has 0 saturated carbocycles. The molecule has 29 heavy (non-hydrogen) atoms. The fraction of sp³-hybridized carbons (Fsp3) is 0.556. The molecule has 1 nitrogen and oxygen atoms in total. The molecule has 1 atom stereocenters. The molecule has 0 N–H and O–H groups in total. The lowest BCUT2D eigenvalue weighted by Gasteiger charge is -2.26. The molecule has 2 aromatic carbocycles. The van der Waals surface area contributed by atoms with Crippen LogP contribution in [0.2, 0.25) is 0 Å². The van der Waals surface area contributed by atoms with E-state index in [-0.39, 0.29) is 0 Å². The van der Waals surface area contributed by atoms with Gasteiger partial charge in [0, 0.05) is 5.30 Å². The first-order valence-electron chi connectivity index (χ1n) is 11.3. The third-order valence-electron chi connectivity index (χ3n) is 5.81. The molecule has 0 radical (unpaired) electrons. The van der Waals surface area contributed by atoms with Gasteiger partial charge in [-0.3, -0.25) is 0 Å². The van der Waals surface area contributed by atoms with Crippen molar-refractivity contribution in [1.82, 2.24) is 0 Å². The molecule has 0 aliphatic carbocycles. The van der Waals surface area contributed by atoms with Crippen LogP contribution in [0.1, 0.15) is 101 Å². The second kappa shape index (κ2) is 10.6. The molecule has 0 aliphatic rings. The SMILES string of the molecule is CCCCPc1c(OC)ccc(C)c1-c1c(C(C)C)cc(C(C)C)cc1C(C)C. The highest BCUT2D eigenvalue weighted by atomic mass is 31.1. The first-order valence-corrected chi connectivity index (χ1v) is 12.5. The predicted molar refractivity (Wildman–Crippen MR) is 133 cm³/mol. The van der Waals surface area contributed by atoms with Crippen LogP contribution >= 0.6 is 8.58 Å². The number of ether oxygens (including phenoxy) is 1. The number of benzene rings is 2. The molecule has 0 amide bonds. The molecule has 0 fully saturated rings. The Balaban J connectivity index is 2.88. The monoisotopic (exact) mass is 412 g/mol. The van der Waals surface area contributed by atoms with Crippen molar-refractivity contribution >= 4 is 13.9 Å². The van der Waals surface area contributed by atoms with Crippen LogP contribution in [-0.2, 0) is 0 Å². The topological polar surface area (TPSA) is 9.23 Å². The normalized spacial score (nSPS) is 12.1. The molecule has 0 spiro atoms. The van der Waals surface area contributed by atoms with E-state index in [1.165, 1.54) is 57.7 Å². The highest BCUT2D eigenvalue weighted by Crippen LogP contribution is 2.42. The second-order valence-corrected chi connectivity index (χ2v) is 10.5. The van der Waals surface area contributed by atoms with E-state index in [0.717, 1.165) is 14.3 Å². The summed E-state index contributed by atoms with van der Waals surface area (Å²) in [4.78, 5) is 0. The molecule has 0 saturated heterocycles. The van der Waals surface area contributed by atoms with Gasteiger partial charge in [0.1, 0.15) is 5.75 Å². The standard InChI is InChI=1S/C27H41OP/c1-10-11-14-29-27-24(28-9)13-12-20(8)25(27)26-22(18(4)5)15-21(17(2)3)16-23(26)19(6)7/h12-13,15-19,29H,10-11,14H2,1-9H3. The van der Waals surface area contributed by atoms with Crippen molar-refractivity contribution in [3.63, 3.8) is 0 Å². The first kappa shape index (κ1) is 23.9. The van der Waals surface area contributed by atoms with Crippen molar-refractivity contribution < 1.29 is 4.74 Å². The summed E-state index contributed by atoms with van der Waals surface area (Å²) in [5.74, 6) is 2.56. The third-order valence-corrected chi connectivity index (χ3v) is 7.26. The molecule has 0 aromatic heterocycles. The second-order valence-electron chi connectivity index (χ2n) is 9.15. The summed E-state index contributed by atoms with van der Waals surface area (Å²) in [5.41, 5.74) is 8.69. The number of aryl methyl sites for hydroxylation is 1. The molecule has 0 aliphatic heterocycles. The van der Waals surface area contributed by atoms with Crippen LogP contribution in [0.3, 0.4) is 0 Å². The van der Waals surface area contributed by atoms with Crippen LogP contribution in [0.5, 0.6) is 5.75 Å². The molecule has 2 aromatic rings. The Morgan fingerprint density at radius 3 is 1.90 bits per heavy atom. The minimum Gasteiger partial charge on any atom is -0.496 e. The maximum Gasteiger partial charge on any atom is 0.126 e. The van der Waals surface area contributed by atoms with Gasteiger partial charge >= 0.3 is 0 Å². The summed E-state index contributed by atoms with van der Waals surface area (Å²) in [6.07, 6.45) is 3.75. The Morgan fingerprint density at radius 1 is 0.862 bits per heavy atom. The van der Waals surface area contributed by atoms with Crippen molar-refractivity contribution in [3.05, 3.63) is 46.5 Å². The molecule has 160 valence electrons. The van der Waals surface area contributed by atoms with E-state index in [1.807, 2.05) is 7.11 Å². The summed E-state index contributed by atoms with van der Waals surface area (Å²) in [6.45, 7) is 18.5. The van der Waals surface area contributed by atoms with Gasteiger partial charge in [0.2, 0.25) is 0 Å². The quantitative estimate of drug-likeness (QED) is 0.298. The van der Waals surface area contributed by atoms with E-state index in [9.17, 15) is 0 Å². The van der Waals surface area contributed by atoms with Crippen molar-refractivity contribution in [3.8, 4) is 16.9 Å². The van der Waals surface area contributed by atoms with Crippen LogP contribution < -0.4 is 10.0 Å². The minimum atomic E-state index is 0.485.